The Morgan fingerprint density at radius 1 is 1.80 bits per heavy atom. The smallest absolute Gasteiger partial charge is 0.304 e. The molecule has 0 fully saturated rings. The third-order valence-corrected chi connectivity index (χ3v) is 1.28. The van der Waals surface area contributed by atoms with E-state index in [1.54, 1.807) is 13.8 Å². The molecule has 0 aliphatic carbocycles. The molecule has 0 rings (SSSR count). The molecule has 0 aromatic rings. The second-order valence-electron chi connectivity index (χ2n) is 2.29. The lowest BCUT2D eigenvalue weighted by Gasteiger charge is -2.18. The SMILES string of the molecule is CC[C@](C)(C#N)OC(C)=O. The van der Waals surface area contributed by atoms with Gasteiger partial charge in [-0.25, -0.2) is 0 Å². The molecule has 0 saturated heterocycles. The van der Waals surface area contributed by atoms with Crippen LogP contribution in [0, 0.1) is 11.3 Å². The van der Waals surface area contributed by atoms with Crippen molar-refractivity contribution in [2.45, 2.75) is 32.8 Å². The highest BCUT2D eigenvalue weighted by molar-refractivity contribution is 5.66. The first-order valence-corrected chi connectivity index (χ1v) is 3.15. The Labute approximate surface area is 60.6 Å². The van der Waals surface area contributed by atoms with E-state index < -0.39 is 11.6 Å². The first-order valence-electron chi connectivity index (χ1n) is 3.15. The van der Waals surface area contributed by atoms with E-state index in [9.17, 15) is 4.79 Å². The van der Waals surface area contributed by atoms with Crippen molar-refractivity contribution in [2.75, 3.05) is 0 Å². The second kappa shape index (κ2) is 3.21. The van der Waals surface area contributed by atoms with Crippen molar-refractivity contribution >= 4 is 5.97 Å². The van der Waals surface area contributed by atoms with Crippen LogP contribution in [0.2, 0.25) is 0 Å². The van der Waals surface area contributed by atoms with Gasteiger partial charge in [-0.3, -0.25) is 4.79 Å². The lowest BCUT2D eigenvalue weighted by atomic mass is 10.1. The molecule has 0 heterocycles. The van der Waals surface area contributed by atoms with Crippen molar-refractivity contribution in [1.82, 2.24) is 0 Å². The van der Waals surface area contributed by atoms with Crippen LogP contribution in [0.15, 0.2) is 0 Å². The van der Waals surface area contributed by atoms with Crippen molar-refractivity contribution in [3.05, 3.63) is 0 Å². The predicted octanol–water partition coefficient (Wildman–Crippen LogP) is 1.24. The molecule has 10 heavy (non-hydrogen) atoms. The number of nitriles is 1. The van der Waals surface area contributed by atoms with E-state index in [-0.39, 0.29) is 0 Å². The molecule has 0 bridgehead atoms. The summed E-state index contributed by atoms with van der Waals surface area (Å²) in [5, 5.41) is 8.51. The zero-order valence-corrected chi connectivity index (χ0v) is 6.47. The van der Waals surface area contributed by atoms with Gasteiger partial charge in [-0.2, -0.15) is 5.26 Å². The molecule has 0 aliphatic heterocycles. The average Bonchev–Trinajstić information content (AvgIpc) is 1.87. The Hall–Kier alpha value is -1.04. The summed E-state index contributed by atoms with van der Waals surface area (Å²) in [5.41, 5.74) is -0.939. The molecule has 0 aromatic carbocycles. The molecule has 56 valence electrons. The predicted molar refractivity (Wildman–Crippen MR) is 36.1 cm³/mol. The lowest BCUT2D eigenvalue weighted by Crippen LogP contribution is -2.27. The number of hydrogen-bond acceptors (Lipinski definition) is 3. The van der Waals surface area contributed by atoms with Gasteiger partial charge < -0.3 is 4.74 Å². The minimum absolute atomic E-state index is 0.411. The molecule has 0 unspecified atom stereocenters. The van der Waals surface area contributed by atoms with Gasteiger partial charge in [0.05, 0.1) is 0 Å². The molecule has 0 aliphatic rings. The topological polar surface area (TPSA) is 50.1 Å². The highest BCUT2D eigenvalue weighted by Gasteiger charge is 2.23. The molecule has 3 heteroatoms. The van der Waals surface area contributed by atoms with Crippen LogP contribution in [0.1, 0.15) is 27.2 Å². The van der Waals surface area contributed by atoms with Crippen LogP contribution >= 0.6 is 0 Å². The van der Waals surface area contributed by atoms with E-state index in [0.717, 1.165) is 0 Å². The van der Waals surface area contributed by atoms with Gasteiger partial charge in [0.2, 0.25) is 0 Å². The molecule has 0 spiro atoms. The average molecular weight is 141 g/mol. The summed E-state index contributed by atoms with van der Waals surface area (Å²) in [6.07, 6.45) is 0.517. The van der Waals surface area contributed by atoms with Crippen molar-refractivity contribution in [3.8, 4) is 6.07 Å². The summed E-state index contributed by atoms with van der Waals surface area (Å²) in [7, 11) is 0. The van der Waals surface area contributed by atoms with Gasteiger partial charge in [-0.15, -0.1) is 0 Å². The zero-order chi connectivity index (χ0) is 8.20. The van der Waals surface area contributed by atoms with Crippen LogP contribution in [-0.4, -0.2) is 11.6 Å². The molecule has 0 N–H and O–H groups in total. The Bertz CT molecular complexity index is 171. The number of carbonyl (C=O) groups is 1. The van der Waals surface area contributed by atoms with Crippen LogP contribution in [0.4, 0.5) is 0 Å². The number of rotatable bonds is 2. The highest BCUT2D eigenvalue weighted by Crippen LogP contribution is 2.12. The summed E-state index contributed by atoms with van der Waals surface area (Å²) in [6.45, 7) is 4.69. The summed E-state index contributed by atoms with van der Waals surface area (Å²) < 4.78 is 4.74. The molecule has 0 amide bonds. The van der Waals surface area contributed by atoms with Crippen LogP contribution in [0.25, 0.3) is 0 Å². The third kappa shape index (κ3) is 2.49. The molecule has 0 radical (unpaired) electrons. The van der Waals surface area contributed by atoms with E-state index in [2.05, 4.69) is 0 Å². The Morgan fingerprint density at radius 2 is 2.30 bits per heavy atom. The summed E-state index contributed by atoms with van der Waals surface area (Å²) in [6, 6.07) is 1.92. The maximum absolute atomic E-state index is 10.4. The number of nitrogens with zero attached hydrogens (tertiary/aromatic N) is 1. The Kier molecular flexibility index (Phi) is 2.88. The Morgan fingerprint density at radius 3 is 2.40 bits per heavy atom. The Balaban J connectivity index is 4.10. The fourth-order valence-corrected chi connectivity index (χ4v) is 0.491. The van der Waals surface area contributed by atoms with Gasteiger partial charge in [0.1, 0.15) is 6.07 Å². The van der Waals surface area contributed by atoms with Crippen LogP contribution in [-0.2, 0) is 9.53 Å². The molecule has 1 atom stereocenters. The standard InChI is InChI=1S/C7H11NO2/c1-4-7(3,5-8)10-6(2)9/h4H2,1-3H3/t7-/m1/s1. The van der Waals surface area contributed by atoms with E-state index in [0.29, 0.717) is 6.42 Å². The summed E-state index contributed by atoms with van der Waals surface area (Å²) in [5.74, 6) is -0.411. The van der Waals surface area contributed by atoms with Crippen molar-refractivity contribution in [3.63, 3.8) is 0 Å². The van der Waals surface area contributed by atoms with E-state index in [1.807, 2.05) is 6.07 Å². The first-order chi connectivity index (χ1) is 4.54. The van der Waals surface area contributed by atoms with E-state index in [4.69, 9.17) is 10.00 Å². The van der Waals surface area contributed by atoms with Gasteiger partial charge in [-0.05, 0) is 13.3 Å². The summed E-state index contributed by atoms with van der Waals surface area (Å²) in [4.78, 5) is 10.4. The molecule has 3 nitrogen and oxygen atoms in total. The number of hydrogen-bond donors (Lipinski definition) is 0. The fourth-order valence-electron chi connectivity index (χ4n) is 0.491. The molecule has 0 saturated carbocycles. The monoisotopic (exact) mass is 141 g/mol. The van der Waals surface area contributed by atoms with Gasteiger partial charge in [0, 0.05) is 6.92 Å². The van der Waals surface area contributed by atoms with Crippen molar-refractivity contribution < 1.29 is 9.53 Å². The summed E-state index contributed by atoms with van der Waals surface area (Å²) >= 11 is 0. The van der Waals surface area contributed by atoms with Crippen LogP contribution < -0.4 is 0 Å². The molecular weight excluding hydrogens is 130 g/mol. The largest absolute Gasteiger partial charge is 0.444 e. The minimum atomic E-state index is -0.939. The quantitative estimate of drug-likeness (QED) is 0.543. The van der Waals surface area contributed by atoms with Gasteiger partial charge >= 0.3 is 5.97 Å². The van der Waals surface area contributed by atoms with E-state index >= 15 is 0 Å². The van der Waals surface area contributed by atoms with Gasteiger partial charge in [-0.1, -0.05) is 6.92 Å². The maximum atomic E-state index is 10.4. The van der Waals surface area contributed by atoms with Crippen LogP contribution in [0.5, 0.6) is 0 Å². The normalized spacial score (nSPS) is 15.0. The fraction of sp³-hybridized carbons (Fsp3) is 0.714. The van der Waals surface area contributed by atoms with Gasteiger partial charge in [0.15, 0.2) is 5.60 Å². The van der Waals surface area contributed by atoms with Gasteiger partial charge in [0.25, 0.3) is 0 Å². The van der Waals surface area contributed by atoms with Crippen LogP contribution in [0.3, 0.4) is 0 Å². The zero-order valence-electron chi connectivity index (χ0n) is 6.47. The third-order valence-electron chi connectivity index (χ3n) is 1.28. The molecular formula is C7H11NO2. The van der Waals surface area contributed by atoms with E-state index in [1.165, 1.54) is 6.92 Å². The first kappa shape index (κ1) is 8.96. The second-order valence-corrected chi connectivity index (χ2v) is 2.29. The number of esters is 1. The van der Waals surface area contributed by atoms with Crippen molar-refractivity contribution in [1.29, 1.82) is 5.26 Å². The van der Waals surface area contributed by atoms with Crippen molar-refractivity contribution in [2.24, 2.45) is 0 Å². The lowest BCUT2D eigenvalue weighted by molar-refractivity contribution is -0.150. The number of carbonyl (C=O) groups excluding carboxylic acids is 1. The number of ether oxygens (including phenoxy) is 1. The highest BCUT2D eigenvalue weighted by atomic mass is 16.6. The maximum Gasteiger partial charge on any atom is 0.304 e. The molecule has 0 aromatic heterocycles. The minimum Gasteiger partial charge on any atom is -0.444 e.